The van der Waals surface area contributed by atoms with Gasteiger partial charge in [0.1, 0.15) is 17.0 Å². The Morgan fingerprint density at radius 1 is 1.37 bits per heavy atom. The highest BCUT2D eigenvalue weighted by molar-refractivity contribution is 7.19. The molecule has 2 N–H and O–H groups in total. The molecule has 1 aliphatic rings. The third-order valence-electron chi connectivity index (χ3n) is 4.96. The molecule has 27 heavy (non-hydrogen) atoms. The summed E-state index contributed by atoms with van der Waals surface area (Å²) in [5, 5.41) is 18.4. The van der Waals surface area contributed by atoms with Crippen LogP contribution in [0.2, 0.25) is 5.02 Å². The zero-order valence-corrected chi connectivity index (χ0v) is 15.6. The monoisotopic (exact) mass is 399 g/mol. The molecule has 5 rings (SSSR count). The molecule has 0 aromatic carbocycles. The van der Waals surface area contributed by atoms with Crippen molar-refractivity contribution in [3.05, 3.63) is 46.3 Å². The molecule has 4 aromatic rings. The summed E-state index contributed by atoms with van der Waals surface area (Å²) in [6, 6.07) is 3.71. The topological polar surface area (TPSA) is 92.4 Å². The molecule has 1 aliphatic carbocycles. The molecule has 0 saturated carbocycles. The summed E-state index contributed by atoms with van der Waals surface area (Å²) in [6.07, 6.45) is 6.94. The molecule has 0 unspecified atom stereocenters. The average Bonchev–Trinajstić information content (AvgIpc) is 3.28. The zero-order valence-electron chi connectivity index (χ0n) is 14.0. The molecule has 0 spiro atoms. The van der Waals surface area contributed by atoms with Gasteiger partial charge in [0, 0.05) is 11.1 Å². The lowest BCUT2D eigenvalue weighted by molar-refractivity contribution is -0.142. The summed E-state index contributed by atoms with van der Waals surface area (Å²) >= 11 is 8.08. The van der Waals surface area contributed by atoms with Gasteiger partial charge in [-0.15, -0.1) is 11.3 Å². The van der Waals surface area contributed by atoms with Crippen LogP contribution in [0.3, 0.4) is 0 Å². The number of carboxylic acid groups (broad SMARTS) is 1. The molecule has 0 saturated heterocycles. The maximum Gasteiger partial charge on any atom is 0.306 e. The molecule has 0 radical (unpaired) electrons. The minimum atomic E-state index is -0.733. The highest BCUT2D eigenvalue weighted by atomic mass is 35.5. The number of aromatic nitrogens is 4. The smallest absolute Gasteiger partial charge is 0.306 e. The number of carboxylic acids is 1. The van der Waals surface area contributed by atoms with Gasteiger partial charge in [-0.1, -0.05) is 11.6 Å². The third kappa shape index (κ3) is 2.64. The van der Waals surface area contributed by atoms with Gasteiger partial charge in [0.25, 0.3) is 0 Å². The zero-order chi connectivity index (χ0) is 18.5. The molecule has 7 nitrogen and oxygen atoms in total. The Kier molecular flexibility index (Phi) is 3.76. The summed E-state index contributed by atoms with van der Waals surface area (Å²) in [4.78, 5) is 22.1. The normalized spacial score (nSPS) is 16.6. The fraction of sp³-hybridized carbons (Fsp3) is 0.222. The summed E-state index contributed by atoms with van der Waals surface area (Å²) in [5.41, 5.74) is 2.70. The SMILES string of the molecule is O=C(O)[C@H]1CCc2c(sc3ncnc(Nc4ccn5nccc5c4Cl)c23)C1. The molecular formula is C18H14ClN5O2S. The number of hydrogen-bond donors (Lipinski definition) is 2. The van der Waals surface area contributed by atoms with Gasteiger partial charge in [-0.25, -0.2) is 14.5 Å². The number of nitrogens with zero attached hydrogens (tertiary/aromatic N) is 4. The van der Waals surface area contributed by atoms with Gasteiger partial charge >= 0.3 is 5.97 Å². The number of anilines is 2. The number of halogens is 1. The van der Waals surface area contributed by atoms with Gasteiger partial charge in [-0.3, -0.25) is 4.79 Å². The second kappa shape index (κ2) is 6.17. The molecule has 4 heterocycles. The van der Waals surface area contributed by atoms with Crippen LogP contribution in [0.1, 0.15) is 16.9 Å². The van der Waals surface area contributed by atoms with Crippen LogP contribution in [0.25, 0.3) is 15.7 Å². The second-order valence-corrected chi connectivity index (χ2v) is 7.98. The average molecular weight is 400 g/mol. The Balaban J connectivity index is 1.59. The van der Waals surface area contributed by atoms with Crippen LogP contribution >= 0.6 is 22.9 Å². The van der Waals surface area contributed by atoms with Crippen molar-refractivity contribution in [2.75, 3.05) is 5.32 Å². The second-order valence-electron chi connectivity index (χ2n) is 6.51. The summed E-state index contributed by atoms with van der Waals surface area (Å²) in [7, 11) is 0. The van der Waals surface area contributed by atoms with Gasteiger partial charge < -0.3 is 10.4 Å². The van der Waals surface area contributed by atoms with Crippen molar-refractivity contribution in [2.24, 2.45) is 5.92 Å². The van der Waals surface area contributed by atoms with E-state index in [1.54, 1.807) is 22.0 Å². The van der Waals surface area contributed by atoms with E-state index in [2.05, 4.69) is 20.4 Å². The Morgan fingerprint density at radius 2 is 2.26 bits per heavy atom. The quantitative estimate of drug-likeness (QED) is 0.542. The Morgan fingerprint density at radius 3 is 3.11 bits per heavy atom. The third-order valence-corrected chi connectivity index (χ3v) is 6.52. The molecule has 0 amide bonds. The first-order chi connectivity index (χ1) is 13.1. The lowest BCUT2D eigenvalue weighted by Gasteiger charge is -2.18. The van der Waals surface area contributed by atoms with Crippen molar-refractivity contribution < 1.29 is 9.90 Å². The fourth-order valence-corrected chi connectivity index (χ4v) is 5.13. The molecule has 0 aliphatic heterocycles. The van der Waals surface area contributed by atoms with Crippen LogP contribution in [0.4, 0.5) is 11.5 Å². The summed E-state index contributed by atoms with van der Waals surface area (Å²) in [5.74, 6) is -0.367. The van der Waals surface area contributed by atoms with E-state index in [-0.39, 0.29) is 5.92 Å². The molecule has 9 heteroatoms. The summed E-state index contributed by atoms with van der Waals surface area (Å²) < 4.78 is 1.71. The van der Waals surface area contributed by atoms with Crippen LogP contribution in [0, 0.1) is 5.92 Å². The predicted octanol–water partition coefficient (Wildman–Crippen LogP) is 3.93. The van der Waals surface area contributed by atoms with Crippen LogP contribution in [0.15, 0.2) is 30.9 Å². The first kappa shape index (κ1) is 16.5. The van der Waals surface area contributed by atoms with E-state index in [9.17, 15) is 9.90 Å². The van der Waals surface area contributed by atoms with E-state index in [1.807, 2.05) is 18.3 Å². The number of carbonyl (C=O) groups is 1. The van der Waals surface area contributed by atoms with Crippen molar-refractivity contribution in [2.45, 2.75) is 19.3 Å². The lowest BCUT2D eigenvalue weighted by atomic mass is 9.88. The highest BCUT2D eigenvalue weighted by Gasteiger charge is 2.28. The van der Waals surface area contributed by atoms with Crippen molar-refractivity contribution in [3.63, 3.8) is 0 Å². The van der Waals surface area contributed by atoms with Gasteiger partial charge in [0.2, 0.25) is 0 Å². The van der Waals surface area contributed by atoms with Gasteiger partial charge in [-0.05, 0) is 37.0 Å². The Labute approximate surface area is 162 Å². The number of nitrogens with one attached hydrogen (secondary N) is 1. The molecular weight excluding hydrogens is 386 g/mol. The number of fused-ring (bicyclic) bond motifs is 4. The predicted molar refractivity (Wildman–Crippen MR) is 104 cm³/mol. The number of pyridine rings is 1. The van der Waals surface area contributed by atoms with E-state index in [1.165, 1.54) is 6.33 Å². The van der Waals surface area contributed by atoms with Gasteiger partial charge in [0.15, 0.2) is 0 Å². The van der Waals surface area contributed by atoms with E-state index >= 15 is 0 Å². The van der Waals surface area contributed by atoms with Gasteiger partial charge in [-0.2, -0.15) is 5.10 Å². The highest BCUT2D eigenvalue weighted by Crippen LogP contribution is 2.41. The number of rotatable bonds is 3. The fourth-order valence-electron chi connectivity index (χ4n) is 3.60. The number of aryl methyl sites for hydroxylation is 1. The van der Waals surface area contributed by atoms with Crippen LogP contribution in [0.5, 0.6) is 0 Å². The minimum Gasteiger partial charge on any atom is -0.481 e. The van der Waals surface area contributed by atoms with Crippen LogP contribution in [-0.2, 0) is 17.6 Å². The minimum absolute atomic E-state index is 0.325. The number of hydrogen-bond acceptors (Lipinski definition) is 6. The van der Waals surface area contributed by atoms with E-state index < -0.39 is 5.97 Å². The van der Waals surface area contributed by atoms with Crippen molar-refractivity contribution in [1.29, 1.82) is 0 Å². The van der Waals surface area contributed by atoms with E-state index in [4.69, 9.17) is 11.6 Å². The van der Waals surface area contributed by atoms with E-state index in [0.717, 1.165) is 31.9 Å². The van der Waals surface area contributed by atoms with E-state index in [0.29, 0.717) is 30.1 Å². The number of aliphatic carboxylic acids is 1. The van der Waals surface area contributed by atoms with Crippen LogP contribution in [-0.4, -0.2) is 30.7 Å². The molecule has 4 aromatic heterocycles. The lowest BCUT2D eigenvalue weighted by Crippen LogP contribution is -2.21. The molecule has 136 valence electrons. The van der Waals surface area contributed by atoms with Crippen molar-refractivity contribution in [3.8, 4) is 0 Å². The Hall–Kier alpha value is -2.71. The Bertz CT molecular complexity index is 1200. The standard InChI is InChI=1S/C18H14ClN5O2S/c19-15-11(4-6-24-12(15)3-5-22-24)23-16-14-10-2-1-9(18(25)26)7-13(10)27-17(14)21-8-20-16/h3-6,8-9H,1-2,7H2,(H,25,26)(H,20,21,23)/t9-/m0/s1. The van der Waals surface area contributed by atoms with Crippen LogP contribution < -0.4 is 5.32 Å². The largest absolute Gasteiger partial charge is 0.481 e. The summed E-state index contributed by atoms with van der Waals surface area (Å²) in [6.45, 7) is 0. The first-order valence-corrected chi connectivity index (χ1v) is 9.68. The maximum atomic E-state index is 11.4. The molecule has 1 atom stereocenters. The molecule has 0 bridgehead atoms. The van der Waals surface area contributed by atoms with Crippen molar-refractivity contribution in [1.82, 2.24) is 19.6 Å². The first-order valence-electron chi connectivity index (χ1n) is 8.48. The number of thiophene rings is 1. The van der Waals surface area contributed by atoms with Crippen molar-refractivity contribution >= 4 is 56.1 Å². The maximum absolute atomic E-state index is 11.4. The van der Waals surface area contributed by atoms with Gasteiger partial charge in [0.05, 0.1) is 33.7 Å². The molecule has 0 fully saturated rings.